The van der Waals surface area contributed by atoms with Crippen LogP contribution < -0.4 is 10.5 Å². The van der Waals surface area contributed by atoms with Crippen molar-refractivity contribution in [2.24, 2.45) is 17.6 Å². The first-order valence-electron chi connectivity index (χ1n) is 7.17. The topological polar surface area (TPSA) is 72.2 Å². The largest absolute Gasteiger partial charge is 0.329 e. The monoisotopic (exact) mass is 310 g/mol. The maximum Gasteiger partial charge on any atom is 0.212 e. The van der Waals surface area contributed by atoms with Gasteiger partial charge < -0.3 is 5.73 Å². The summed E-state index contributed by atoms with van der Waals surface area (Å²) in [6.07, 6.45) is 7.92. The fourth-order valence-electron chi connectivity index (χ4n) is 3.07. The molecule has 0 aromatic heterocycles. The minimum atomic E-state index is -3.19. The van der Waals surface area contributed by atoms with Gasteiger partial charge in [0.1, 0.15) is 0 Å². The lowest BCUT2D eigenvalue weighted by Crippen LogP contribution is -2.54. The van der Waals surface area contributed by atoms with Gasteiger partial charge in [-0.3, -0.25) is 0 Å². The van der Waals surface area contributed by atoms with E-state index in [2.05, 4.69) is 4.72 Å². The summed E-state index contributed by atoms with van der Waals surface area (Å²) < 4.78 is 27.4. The van der Waals surface area contributed by atoms with Crippen LogP contribution in [0.5, 0.6) is 0 Å². The Bertz CT molecular complexity index is 378. The first-order valence-corrected chi connectivity index (χ1v) is 8.82. The van der Waals surface area contributed by atoms with Crippen molar-refractivity contribution < 1.29 is 8.42 Å². The normalized spacial score (nSPS) is 24.5. The fraction of sp³-hybridized carbons (Fsp3) is 1.00. The van der Waals surface area contributed by atoms with E-state index in [1.54, 1.807) is 0 Å². The van der Waals surface area contributed by atoms with Gasteiger partial charge in [-0.1, -0.05) is 19.3 Å². The molecule has 3 N–H and O–H groups in total. The van der Waals surface area contributed by atoms with Gasteiger partial charge in [-0.25, -0.2) is 13.1 Å². The van der Waals surface area contributed by atoms with Crippen LogP contribution in [-0.2, 0) is 10.0 Å². The lowest BCUT2D eigenvalue weighted by molar-refractivity contribution is 0.360. The Balaban J connectivity index is 0.00000180. The fourth-order valence-corrected chi connectivity index (χ4v) is 5.07. The number of nitrogens with two attached hydrogens (primary N) is 1. The summed E-state index contributed by atoms with van der Waals surface area (Å²) in [5, 5.41) is 0. The van der Waals surface area contributed by atoms with Crippen LogP contribution in [0.25, 0.3) is 0 Å². The molecule has 2 saturated carbocycles. The zero-order valence-corrected chi connectivity index (χ0v) is 13.4. The summed E-state index contributed by atoms with van der Waals surface area (Å²) in [6, 6.07) is 0. The maximum absolute atomic E-state index is 12.2. The Labute approximate surface area is 123 Å². The molecular weight excluding hydrogens is 284 g/mol. The van der Waals surface area contributed by atoms with E-state index in [9.17, 15) is 8.42 Å². The highest BCUT2D eigenvalue weighted by Crippen LogP contribution is 2.39. The Kier molecular flexibility index (Phi) is 6.11. The van der Waals surface area contributed by atoms with E-state index in [1.807, 2.05) is 6.92 Å². The summed E-state index contributed by atoms with van der Waals surface area (Å²) in [6.45, 7) is 2.34. The molecule has 0 aliphatic heterocycles. The molecule has 0 aromatic carbocycles. The van der Waals surface area contributed by atoms with Crippen molar-refractivity contribution in [2.75, 3.05) is 12.3 Å². The van der Waals surface area contributed by atoms with Crippen molar-refractivity contribution in [3.8, 4) is 0 Å². The second-order valence-corrected chi connectivity index (χ2v) is 8.05. The van der Waals surface area contributed by atoms with E-state index in [0.717, 1.165) is 25.7 Å². The zero-order valence-electron chi connectivity index (χ0n) is 11.7. The summed E-state index contributed by atoms with van der Waals surface area (Å²) in [5.74, 6) is 1.07. The molecular formula is C13H27ClN2O2S. The third-order valence-corrected chi connectivity index (χ3v) is 6.16. The molecule has 2 aliphatic rings. The van der Waals surface area contributed by atoms with Crippen molar-refractivity contribution in [2.45, 2.75) is 57.4 Å². The van der Waals surface area contributed by atoms with E-state index in [4.69, 9.17) is 5.73 Å². The highest BCUT2D eigenvalue weighted by Gasteiger charge is 2.43. The molecule has 6 heteroatoms. The molecule has 19 heavy (non-hydrogen) atoms. The molecule has 2 fully saturated rings. The van der Waals surface area contributed by atoms with Crippen LogP contribution in [-0.4, -0.2) is 26.3 Å². The Hall–Kier alpha value is 0.160. The molecule has 0 saturated heterocycles. The molecule has 0 aromatic rings. The number of hydrogen-bond donors (Lipinski definition) is 2. The zero-order chi connectivity index (χ0) is 13.2. The molecule has 2 aliphatic carbocycles. The molecule has 0 heterocycles. The molecule has 114 valence electrons. The Morgan fingerprint density at radius 3 is 2.21 bits per heavy atom. The first-order chi connectivity index (χ1) is 8.45. The van der Waals surface area contributed by atoms with Gasteiger partial charge in [-0.2, -0.15) is 0 Å². The summed E-state index contributed by atoms with van der Waals surface area (Å²) in [4.78, 5) is 0. The van der Waals surface area contributed by atoms with Gasteiger partial charge in [-0.15, -0.1) is 12.4 Å². The van der Waals surface area contributed by atoms with E-state index in [1.165, 1.54) is 19.3 Å². The highest BCUT2D eigenvalue weighted by atomic mass is 35.5. The van der Waals surface area contributed by atoms with Gasteiger partial charge in [0.2, 0.25) is 10.0 Å². The quantitative estimate of drug-likeness (QED) is 0.788. The van der Waals surface area contributed by atoms with Crippen LogP contribution in [0.1, 0.15) is 51.9 Å². The Morgan fingerprint density at radius 1 is 1.16 bits per heavy atom. The van der Waals surface area contributed by atoms with E-state index < -0.39 is 15.6 Å². The third-order valence-electron chi connectivity index (χ3n) is 4.47. The molecule has 0 radical (unpaired) electrons. The summed E-state index contributed by atoms with van der Waals surface area (Å²) in [7, 11) is -3.19. The average Bonchev–Trinajstić information content (AvgIpc) is 3.13. The van der Waals surface area contributed by atoms with E-state index in [0.29, 0.717) is 18.4 Å². The second-order valence-electron chi connectivity index (χ2n) is 6.28. The Morgan fingerprint density at radius 2 is 1.74 bits per heavy atom. The van der Waals surface area contributed by atoms with Crippen LogP contribution in [0.2, 0.25) is 0 Å². The van der Waals surface area contributed by atoms with Crippen molar-refractivity contribution in [3.05, 3.63) is 0 Å². The molecule has 0 bridgehead atoms. The number of rotatable bonds is 6. The second kappa shape index (κ2) is 6.74. The molecule has 1 atom stereocenters. The van der Waals surface area contributed by atoms with Gasteiger partial charge in [0.15, 0.2) is 0 Å². The predicted octanol–water partition coefficient (Wildman–Crippen LogP) is 2.04. The number of hydrogen-bond acceptors (Lipinski definition) is 3. The first kappa shape index (κ1) is 17.2. The lowest BCUT2D eigenvalue weighted by Gasteiger charge is -2.30. The molecule has 0 spiro atoms. The standard InChI is InChI=1S/C13H26N2O2S.ClH/c1-13(10-14,12-7-8-12)15-18(16,17)9-11-5-3-2-4-6-11;/h11-12,15H,2-10,14H2,1H3;1H. The van der Waals surface area contributed by atoms with Crippen LogP contribution in [0.3, 0.4) is 0 Å². The van der Waals surface area contributed by atoms with Crippen molar-refractivity contribution >= 4 is 22.4 Å². The third kappa shape index (κ3) is 4.88. The highest BCUT2D eigenvalue weighted by molar-refractivity contribution is 7.89. The smallest absolute Gasteiger partial charge is 0.212 e. The number of sulfonamides is 1. The van der Waals surface area contributed by atoms with Crippen LogP contribution in [0.4, 0.5) is 0 Å². The van der Waals surface area contributed by atoms with Gasteiger partial charge in [-0.05, 0) is 44.4 Å². The lowest BCUT2D eigenvalue weighted by atomic mass is 9.91. The van der Waals surface area contributed by atoms with Crippen LogP contribution >= 0.6 is 12.4 Å². The minimum Gasteiger partial charge on any atom is -0.329 e. The van der Waals surface area contributed by atoms with Gasteiger partial charge >= 0.3 is 0 Å². The summed E-state index contributed by atoms with van der Waals surface area (Å²) >= 11 is 0. The van der Waals surface area contributed by atoms with Crippen molar-refractivity contribution in [3.63, 3.8) is 0 Å². The average molecular weight is 311 g/mol. The minimum absolute atomic E-state index is 0. The van der Waals surface area contributed by atoms with Crippen molar-refractivity contribution in [1.29, 1.82) is 0 Å². The van der Waals surface area contributed by atoms with Crippen molar-refractivity contribution in [1.82, 2.24) is 4.72 Å². The molecule has 1 unspecified atom stereocenters. The van der Waals surface area contributed by atoms with Gasteiger partial charge in [0.05, 0.1) is 5.75 Å². The predicted molar refractivity (Wildman–Crippen MR) is 80.9 cm³/mol. The SMILES string of the molecule is CC(CN)(NS(=O)(=O)CC1CCCCC1)C1CC1.Cl. The van der Waals surface area contributed by atoms with E-state index >= 15 is 0 Å². The van der Waals surface area contributed by atoms with E-state index in [-0.39, 0.29) is 18.2 Å². The molecule has 2 rings (SSSR count). The van der Waals surface area contributed by atoms with Gasteiger partial charge in [0, 0.05) is 12.1 Å². The number of nitrogens with one attached hydrogen (secondary N) is 1. The van der Waals surface area contributed by atoms with Crippen LogP contribution in [0.15, 0.2) is 0 Å². The molecule has 0 amide bonds. The maximum atomic E-state index is 12.2. The summed E-state index contributed by atoms with van der Waals surface area (Å²) in [5.41, 5.74) is 5.34. The molecule has 4 nitrogen and oxygen atoms in total. The number of halogens is 1. The van der Waals surface area contributed by atoms with Crippen LogP contribution in [0, 0.1) is 11.8 Å². The van der Waals surface area contributed by atoms with Gasteiger partial charge in [0.25, 0.3) is 0 Å².